The molecular weight excluding hydrogens is 296 g/mol. The second-order valence-corrected chi connectivity index (χ2v) is 6.45. The van der Waals surface area contributed by atoms with E-state index >= 15 is 0 Å². The standard InChI is InChI=1S/C18H17ClN2O/c19-16-8-17-18(22)7-15(10-21(17)11-16)13-3-1-12(2-4-13)14-5-6-20-9-14/h1-4,8,10-11,14,20H,5-7,9H2. The van der Waals surface area contributed by atoms with Crippen LogP contribution >= 0.6 is 11.6 Å². The van der Waals surface area contributed by atoms with Crippen LogP contribution in [0.3, 0.4) is 0 Å². The molecule has 0 spiro atoms. The molecule has 1 saturated heterocycles. The van der Waals surface area contributed by atoms with Gasteiger partial charge in [0.05, 0.1) is 10.7 Å². The average Bonchev–Trinajstić information content (AvgIpc) is 3.16. The number of halogens is 1. The quantitative estimate of drug-likeness (QED) is 0.915. The van der Waals surface area contributed by atoms with Crippen molar-refractivity contribution in [3.8, 4) is 0 Å². The van der Waals surface area contributed by atoms with Crippen LogP contribution in [0.25, 0.3) is 11.8 Å². The van der Waals surface area contributed by atoms with Gasteiger partial charge in [-0.3, -0.25) is 4.79 Å². The lowest BCUT2D eigenvalue weighted by Crippen LogP contribution is -2.11. The van der Waals surface area contributed by atoms with Crippen molar-refractivity contribution in [3.63, 3.8) is 0 Å². The fourth-order valence-electron chi connectivity index (χ4n) is 3.34. The molecule has 2 aromatic rings. The van der Waals surface area contributed by atoms with E-state index in [4.69, 9.17) is 11.6 Å². The zero-order valence-corrected chi connectivity index (χ0v) is 12.9. The molecular formula is C18H17ClN2O. The minimum atomic E-state index is 0.119. The Morgan fingerprint density at radius 3 is 2.77 bits per heavy atom. The molecule has 112 valence electrons. The van der Waals surface area contributed by atoms with Crippen LogP contribution in [0, 0.1) is 0 Å². The van der Waals surface area contributed by atoms with E-state index in [2.05, 4.69) is 29.6 Å². The van der Waals surface area contributed by atoms with Gasteiger partial charge in [-0.2, -0.15) is 0 Å². The van der Waals surface area contributed by atoms with Crippen molar-refractivity contribution in [1.82, 2.24) is 9.88 Å². The number of nitrogens with one attached hydrogen (secondary N) is 1. The first-order valence-electron chi connectivity index (χ1n) is 7.63. The predicted octanol–water partition coefficient (Wildman–Crippen LogP) is 3.80. The highest BCUT2D eigenvalue weighted by molar-refractivity contribution is 6.31. The topological polar surface area (TPSA) is 34.0 Å². The molecule has 1 N–H and O–H groups in total. The number of hydrogen-bond acceptors (Lipinski definition) is 2. The fourth-order valence-corrected chi connectivity index (χ4v) is 3.55. The third-order valence-electron chi connectivity index (χ3n) is 4.56. The number of benzene rings is 1. The van der Waals surface area contributed by atoms with Gasteiger partial charge in [-0.25, -0.2) is 0 Å². The van der Waals surface area contributed by atoms with Crippen LogP contribution in [0.5, 0.6) is 0 Å². The van der Waals surface area contributed by atoms with Crippen LogP contribution in [-0.4, -0.2) is 23.4 Å². The Bertz CT molecular complexity index is 752. The molecule has 2 aliphatic rings. The average molecular weight is 313 g/mol. The summed E-state index contributed by atoms with van der Waals surface area (Å²) in [6.45, 7) is 2.16. The molecule has 1 fully saturated rings. The number of fused-ring (bicyclic) bond motifs is 1. The molecule has 2 aliphatic heterocycles. The Hall–Kier alpha value is -1.84. The molecule has 3 heterocycles. The predicted molar refractivity (Wildman–Crippen MR) is 89.2 cm³/mol. The van der Waals surface area contributed by atoms with Crippen LogP contribution in [0.15, 0.2) is 36.5 Å². The van der Waals surface area contributed by atoms with Gasteiger partial charge in [0, 0.05) is 25.4 Å². The van der Waals surface area contributed by atoms with Crippen LogP contribution in [0.2, 0.25) is 5.02 Å². The summed E-state index contributed by atoms with van der Waals surface area (Å²) >= 11 is 6.00. The van der Waals surface area contributed by atoms with E-state index in [1.807, 2.05) is 10.8 Å². The maximum atomic E-state index is 12.2. The van der Waals surface area contributed by atoms with Crippen molar-refractivity contribution < 1.29 is 4.79 Å². The van der Waals surface area contributed by atoms with Crippen molar-refractivity contribution in [2.24, 2.45) is 0 Å². The SMILES string of the molecule is O=C1CC(c2ccc(C3CCNC3)cc2)=Cn2cc(Cl)cc21. The molecule has 1 unspecified atom stereocenters. The zero-order valence-electron chi connectivity index (χ0n) is 12.2. The molecule has 3 nitrogen and oxygen atoms in total. The molecule has 0 bridgehead atoms. The lowest BCUT2D eigenvalue weighted by Gasteiger charge is -2.16. The summed E-state index contributed by atoms with van der Waals surface area (Å²) in [6.07, 6.45) is 5.43. The van der Waals surface area contributed by atoms with Crippen LogP contribution < -0.4 is 5.32 Å². The summed E-state index contributed by atoms with van der Waals surface area (Å²) in [7, 11) is 0. The number of carbonyl (C=O) groups excluding carboxylic acids is 1. The number of allylic oxidation sites excluding steroid dienone is 1. The molecule has 22 heavy (non-hydrogen) atoms. The van der Waals surface area contributed by atoms with E-state index in [-0.39, 0.29) is 5.78 Å². The van der Waals surface area contributed by atoms with Crippen LogP contribution in [-0.2, 0) is 0 Å². The number of Topliss-reactive ketones (excluding diaryl/α,β-unsaturated/α-hetero) is 1. The first-order chi connectivity index (χ1) is 10.7. The summed E-state index contributed by atoms with van der Waals surface area (Å²) in [6, 6.07) is 10.4. The van der Waals surface area contributed by atoms with Gasteiger partial charge in [-0.15, -0.1) is 0 Å². The maximum Gasteiger partial charge on any atom is 0.184 e. The number of ketones is 1. The Morgan fingerprint density at radius 2 is 2.05 bits per heavy atom. The zero-order chi connectivity index (χ0) is 15.1. The monoisotopic (exact) mass is 312 g/mol. The lowest BCUT2D eigenvalue weighted by atomic mass is 9.93. The van der Waals surface area contributed by atoms with Crippen molar-refractivity contribution in [1.29, 1.82) is 0 Å². The Kier molecular flexibility index (Phi) is 3.40. The van der Waals surface area contributed by atoms with E-state index in [1.165, 1.54) is 12.0 Å². The highest BCUT2D eigenvalue weighted by Crippen LogP contribution is 2.30. The highest BCUT2D eigenvalue weighted by atomic mass is 35.5. The molecule has 0 aliphatic carbocycles. The fraction of sp³-hybridized carbons (Fsp3) is 0.278. The van der Waals surface area contributed by atoms with Gasteiger partial charge < -0.3 is 9.88 Å². The number of nitrogens with zero attached hydrogens (tertiary/aromatic N) is 1. The Balaban J connectivity index is 1.64. The first kappa shape index (κ1) is 13.8. The number of hydrogen-bond donors (Lipinski definition) is 1. The highest BCUT2D eigenvalue weighted by Gasteiger charge is 2.21. The summed E-state index contributed by atoms with van der Waals surface area (Å²) in [5.74, 6) is 0.736. The van der Waals surface area contributed by atoms with Crippen LogP contribution in [0.1, 0.15) is 40.4 Å². The smallest absolute Gasteiger partial charge is 0.184 e. The van der Waals surface area contributed by atoms with E-state index in [1.54, 1.807) is 12.3 Å². The van der Waals surface area contributed by atoms with Gasteiger partial charge in [-0.1, -0.05) is 35.9 Å². The number of carbonyl (C=O) groups is 1. The van der Waals surface area contributed by atoms with E-state index in [0.717, 1.165) is 24.2 Å². The summed E-state index contributed by atoms with van der Waals surface area (Å²) < 4.78 is 1.83. The van der Waals surface area contributed by atoms with Gasteiger partial charge in [-0.05, 0) is 41.6 Å². The number of rotatable bonds is 2. The van der Waals surface area contributed by atoms with Gasteiger partial charge in [0.15, 0.2) is 5.78 Å². The molecule has 1 atom stereocenters. The van der Waals surface area contributed by atoms with Crippen molar-refractivity contribution in [3.05, 3.63) is 58.4 Å². The third kappa shape index (κ3) is 2.40. The largest absolute Gasteiger partial charge is 0.319 e. The summed E-state index contributed by atoms with van der Waals surface area (Å²) in [5, 5.41) is 4.00. The Labute approximate surface area is 134 Å². The molecule has 1 aromatic carbocycles. The second-order valence-electron chi connectivity index (χ2n) is 6.02. The van der Waals surface area contributed by atoms with Crippen molar-refractivity contribution >= 4 is 29.2 Å². The summed E-state index contributed by atoms with van der Waals surface area (Å²) in [5.41, 5.74) is 4.20. The molecule has 0 saturated carbocycles. The number of aromatic nitrogens is 1. The second kappa shape index (κ2) is 5.41. The Morgan fingerprint density at radius 1 is 1.23 bits per heavy atom. The minimum Gasteiger partial charge on any atom is -0.319 e. The molecule has 4 heteroatoms. The molecule has 4 rings (SSSR count). The van der Waals surface area contributed by atoms with E-state index < -0.39 is 0 Å². The van der Waals surface area contributed by atoms with Crippen LogP contribution in [0.4, 0.5) is 0 Å². The first-order valence-corrected chi connectivity index (χ1v) is 8.01. The molecule has 0 radical (unpaired) electrons. The lowest BCUT2D eigenvalue weighted by molar-refractivity contribution is 0.0990. The molecule has 1 aromatic heterocycles. The molecule has 0 amide bonds. The minimum absolute atomic E-state index is 0.119. The normalized spacial score (nSPS) is 20.9. The van der Waals surface area contributed by atoms with Crippen molar-refractivity contribution in [2.75, 3.05) is 13.1 Å². The van der Waals surface area contributed by atoms with Gasteiger partial charge in [0.25, 0.3) is 0 Å². The van der Waals surface area contributed by atoms with Gasteiger partial charge >= 0.3 is 0 Å². The van der Waals surface area contributed by atoms with E-state index in [9.17, 15) is 4.79 Å². The summed E-state index contributed by atoms with van der Waals surface area (Å²) in [4.78, 5) is 12.2. The van der Waals surface area contributed by atoms with Gasteiger partial charge in [0.1, 0.15) is 0 Å². The van der Waals surface area contributed by atoms with E-state index in [0.29, 0.717) is 23.1 Å². The maximum absolute atomic E-state index is 12.2. The van der Waals surface area contributed by atoms with Gasteiger partial charge in [0.2, 0.25) is 0 Å². The van der Waals surface area contributed by atoms with Crippen molar-refractivity contribution in [2.45, 2.75) is 18.8 Å². The third-order valence-corrected chi connectivity index (χ3v) is 4.77.